The van der Waals surface area contributed by atoms with Crippen molar-refractivity contribution in [2.45, 2.75) is 70.0 Å². The van der Waals surface area contributed by atoms with E-state index in [0.717, 1.165) is 32.1 Å². The van der Waals surface area contributed by atoms with Gasteiger partial charge in [-0.25, -0.2) is 15.0 Å². The molecule has 2 unspecified atom stereocenters. The van der Waals surface area contributed by atoms with E-state index in [4.69, 9.17) is 15.2 Å². The summed E-state index contributed by atoms with van der Waals surface area (Å²) in [4.78, 5) is 24.0. The number of unbranched alkanes of at least 4 members (excludes halogenated alkanes) is 4. The summed E-state index contributed by atoms with van der Waals surface area (Å²) < 4.78 is 12.4. The first kappa shape index (κ1) is 20.4. The minimum Gasteiger partial charge on any atom is -0.463 e. The first-order valence-electron chi connectivity index (χ1n) is 9.63. The molecule has 4 atom stereocenters. The van der Waals surface area contributed by atoms with Crippen LogP contribution in [0.25, 0.3) is 11.2 Å². The first-order chi connectivity index (χ1) is 13.5. The summed E-state index contributed by atoms with van der Waals surface area (Å²) in [5, 5.41) is 20.7. The zero-order valence-corrected chi connectivity index (χ0v) is 15.9. The molecule has 2 aromatic heterocycles. The molecule has 0 spiro atoms. The van der Waals surface area contributed by atoms with Crippen molar-refractivity contribution in [1.82, 2.24) is 19.5 Å². The fraction of sp³-hybridized carbons (Fsp3) is 0.667. The smallest absolute Gasteiger partial charge is 0.305 e. The van der Waals surface area contributed by atoms with E-state index in [1.807, 2.05) is 0 Å². The van der Waals surface area contributed by atoms with Crippen molar-refractivity contribution in [2.75, 3.05) is 12.3 Å². The monoisotopic (exact) mass is 393 g/mol. The van der Waals surface area contributed by atoms with Crippen molar-refractivity contribution >= 4 is 23.0 Å². The van der Waals surface area contributed by atoms with E-state index in [1.165, 1.54) is 17.2 Å². The average Bonchev–Trinajstić information content (AvgIpc) is 3.23. The molecular formula is C18H27N5O5. The van der Waals surface area contributed by atoms with Gasteiger partial charge in [-0.2, -0.15) is 0 Å². The van der Waals surface area contributed by atoms with Gasteiger partial charge in [0, 0.05) is 6.42 Å². The highest BCUT2D eigenvalue weighted by Crippen LogP contribution is 2.32. The minimum atomic E-state index is -1.23. The lowest BCUT2D eigenvalue weighted by molar-refractivity contribution is -0.150. The van der Waals surface area contributed by atoms with Crippen molar-refractivity contribution < 1.29 is 24.5 Å². The number of rotatable bonds is 9. The number of nitrogens with two attached hydrogens (primary N) is 1. The molecule has 0 saturated carbocycles. The molecule has 3 heterocycles. The third kappa shape index (κ3) is 4.40. The largest absolute Gasteiger partial charge is 0.463 e. The van der Waals surface area contributed by atoms with Crippen LogP contribution in [0.3, 0.4) is 0 Å². The van der Waals surface area contributed by atoms with Gasteiger partial charge in [0.1, 0.15) is 36.8 Å². The second-order valence-electron chi connectivity index (χ2n) is 6.98. The molecule has 28 heavy (non-hydrogen) atoms. The third-order valence-electron chi connectivity index (χ3n) is 4.89. The number of esters is 1. The van der Waals surface area contributed by atoms with Crippen LogP contribution in [-0.4, -0.2) is 60.6 Å². The van der Waals surface area contributed by atoms with Gasteiger partial charge in [-0.1, -0.05) is 32.6 Å². The van der Waals surface area contributed by atoms with E-state index in [2.05, 4.69) is 21.9 Å². The Morgan fingerprint density at radius 3 is 2.79 bits per heavy atom. The Hall–Kier alpha value is -2.30. The number of nitrogen functional groups attached to an aromatic ring is 1. The average molecular weight is 393 g/mol. The number of carbonyl (C=O) groups is 1. The predicted molar refractivity (Wildman–Crippen MR) is 100.0 cm³/mol. The van der Waals surface area contributed by atoms with Gasteiger partial charge in [-0.15, -0.1) is 0 Å². The third-order valence-corrected chi connectivity index (χ3v) is 4.89. The van der Waals surface area contributed by atoms with E-state index in [0.29, 0.717) is 17.6 Å². The van der Waals surface area contributed by atoms with Crippen LogP contribution in [0, 0.1) is 0 Å². The topological polar surface area (TPSA) is 146 Å². The second-order valence-corrected chi connectivity index (χ2v) is 6.98. The van der Waals surface area contributed by atoms with Crippen molar-refractivity contribution in [2.24, 2.45) is 0 Å². The highest BCUT2D eigenvalue weighted by atomic mass is 16.6. The molecule has 10 nitrogen and oxygen atoms in total. The molecule has 0 aromatic carbocycles. The molecule has 1 fully saturated rings. The Kier molecular flexibility index (Phi) is 6.76. The number of fused-ring (bicyclic) bond motifs is 1. The minimum absolute atomic E-state index is 0.133. The SMILES string of the molecule is CCCCCCCC(=O)OC[C@H]1O[C@@H](n2cnc3c(N)ncnc32)C(O)C1O. The van der Waals surface area contributed by atoms with E-state index in [-0.39, 0.29) is 18.4 Å². The molecular weight excluding hydrogens is 366 g/mol. The summed E-state index contributed by atoms with van der Waals surface area (Å²) in [6.45, 7) is 2.00. The van der Waals surface area contributed by atoms with Gasteiger partial charge in [0.15, 0.2) is 17.7 Å². The van der Waals surface area contributed by atoms with Gasteiger partial charge >= 0.3 is 5.97 Å². The number of nitrogens with zero attached hydrogens (tertiary/aromatic N) is 4. The van der Waals surface area contributed by atoms with Crippen molar-refractivity contribution in [1.29, 1.82) is 0 Å². The Morgan fingerprint density at radius 1 is 1.21 bits per heavy atom. The molecule has 3 rings (SSSR count). The summed E-state index contributed by atoms with van der Waals surface area (Å²) in [6, 6.07) is 0. The maximum Gasteiger partial charge on any atom is 0.305 e. The molecule has 10 heteroatoms. The Morgan fingerprint density at radius 2 is 2.00 bits per heavy atom. The Labute approximate surface area is 162 Å². The quantitative estimate of drug-likeness (QED) is 0.418. The number of aliphatic hydroxyl groups excluding tert-OH is 2. The van der Waals surface area contributed by atoms with Gasteiger partial charge < -0.3 is 25.4 Å². The number of anilines is 1. The molecule has 0 aliphatic carbocycles. The summed E-state index contributed by atoms with van der Waals surface area (Å²) in [5.74, 6) is -0.125. The number of carbonyl (C=O) groups excluding carboxylic acids is 1. The van der Waals surface area contributed by atoms with E-state index in [9.17, 15) is 15.0 Å². The van der Waals surface area contributed by atoms with E-state index < -0.39 is 24.5 Å². The van der Waals surface area contributed by atoms with Crippen LogP contribution in [0.1, 0.15) is 51.7 Å². The number of aliphatic hydroxyl groups is 2. The molecule has 154 valence electrons. The van der Waals surface area contributed by atoms with Gasteiger partial charge in [-0.3, -0.25) is 9.36 Å². The zero-order chi connectivity index (χ0) is 20.1. The molecule has 0 bridgehead atoms. The Bertz CT molecular complexity index is 798. The van der Waals surface area contributed by atoms with Gasteiger partial charge in [0.25, 0.3) is 0 Å². The van der Waals surface area contributed by atoms with Gasteiger partial charge in [0.05, 0.1) is 6.33 Å². The van der Waals surface area contributed by atoms with E-state index >= 15 is 0 Å². The second kappa shape index (κ2) is 9.26. The summed E-state index contributed by atoms with van der Waals surface area (Å²) in [7, 11) is 0. The van der Waals surface area contributed by atoms with Crippen molar-refractivity contribution in [3.63, 3.8) is 0 Å². The van der Waals surface area contributed by atoms with Crippen LogP contribution >= 0.6 is 0 Å². The number of hydrogen-bond acceptors (Lipinski definition) is 9. The lowest BCUT2D eigenvalue weighted by atomic mass is 10.1. The van der Waals surface area contributed by atoms with E-state index in [1.54, 1.807) is 0 Å². The maximum atomic E-state index is 11.9. The van der Waals surface area contributed by atoms with Crippen LogP contribution in [0.5, 0.6) is 0 Å². The zero-order valence-electron chi connectivity index (χ0n) is 15.9. The summed E-state index contributed by atoms with van der Waals surface area (Å²) in [5.41, 5.74) is 6.53. The number of imidazole rings is 1. The molecule has 4 N–H and O–H groups in total. The molecule has 0 radical (unpaired) electrons. The van der Waals surface area contributed by atoms with Crippen molar-refractivity contribution in [3.8, 4) is 0 Å². The first-order valence-corrected chi connectivity index (χ1v) is 9.63. The summed E-state index contributed by atoms with van der Waals surface area (Å²) in [6.07, 6.45) is 4.01. The molecule has 0 amide bonds. The van der Waals surface area contributed by atoms with Crippen LogP contribution < -0.4 is 5.73 Å². The fourth-order valence-electron chi connectivity index (χ4n) is 3.27. The van der Waals surface area contributed by atoms with Crippen LogP contribution in [0.2, 0.25) is 0 Å². The standard InChI is InChI=1S/C18H27N5O5/c1-2-3-4-5-6-7-12(24)27-8-11-14(25)15(26)18(28-11)23-10-22-13-16(19)20-9-21-17(13)23/h9-11,14-15,18,25-26H,2-8H2,1H3,(H2,19,20,21)/t11-,14?,15?,18-/m1/s1. The van der Waals surface area contributed by atoms with Gasteiger partial charge in [-0.05, 0) is 6.42 Å². The van der Waals surface area contributed by atoms with Crippen LogP contribution in [0.15, 0.2) is 12.7 Å². The summed E-state index contributed by atoms with van der Waals surface area (Å²) >= 11 is 0. The normalized spacial score (nSPS) is 24.7. The number of aromatic nitrogens is 4. The lowest BCUT2D eigenvalue weighted by Gasteiger charge is -2.16. The fourth-order valence-corrected chi connectivity index (χ4v) is 3.27. The maximum absolute atomic E-state index is 11.9. The number of hydrogen-bond donors (Lipinski definition) is 3. The van der Waals surface area contributed by atoms with Gasteiger partial charge in [0.2, 0.25) is 0 Å². The van der Waals surface area contributed by atoms with Crippen molar-refractivity contribution in [3.05, 3.63) is 12.7 Å². The molecule has 1 aliphatic heterocycles. The lowest BCUT2D eigenvalue weighted by Crippen LogP contribution is -2.34. The van der Waals surface area contributed by atoms with Crippen LogP contribution in [0.4, 0.5) is 5.82 Å². The highest BCUT2D eigenvalue weighted by molar-refractivity contribution is 5.81. The molecule has 1 saturated heterocycles. The highest BCUT2D eigenvalue weighted by Gasteiger charge is 2.44. The predicted octanol–water partition coefficient (Wildman–Crippen LogP) is 0.931. The number of ether oxygens (including phenoxy) is 2. The molecule has 1 aliphatic rings. The molecule has 2 aromatic rings. The van der Waals surface area contributed by atoms with Crippen LogP contribution in [-0.2, 0) is 14.3 Å². The Balaban J connectivity index is 1.55.